The van der Waals surface area contributed by atoms with Crippen LogP contribution in [0.5, 0.6) is 5.75 Å². The van der Waals surface area contributed by atoms with E-state index in [2.05, 4.69) is 31.8 Å². The number of halogens is 1. The SMILES string of the molecule is CNc1cc(OCC2CCC3CN(C)CC23)c([N+](=O)[O-])cc1C(=N)Nc1ccc(P)c(Cl)c1. The smallest absolute Gasteiger partial charge is 0.311 e. The van der Waals surface area contributed by atoms with E-state index in [0.717, 1.165) is 24.8 Å². The molecule has 1 aliphatic carbocycles. The number of likely N-dealkylation sites (tertiary alicyclic amines) is 1. The van der Waals surface area contributed by atoms with Crippen LogP contribution in [0.1, 0.15) is 18.4 Å². The van der Waals surface area contributed by atoms with Crippen LogP contribution in [0.25, 0.3) is 0 Å². The first kappa shape index (κ1) is 23.7. The van der Waals surface area contributed by atoms with Gasteiger partial charge in [0.2, 0.25) is 0 Å². The average molecular weight is 490 g/mol. The van der Waals surface area contributed by atoms with Gasteiger partial charge in [-0.25, -0.2) is 0 Å². The summed E-state index contributed by atoms with van der Waals surface area (Å²) in [7, 11) is 6.40. The van der Waals surface area contributed by atoms with Crippen LogP contribution in [0.15, 0.2) is 30.3 Å². The molecular weight excluding hydrogens is 461 g/mol. The second-order valence-electron chi connectivity index (χ2n) is 8.90. The van der Waals surface area contributed by atoms with Crippen LogP contribution >= 0.6 is 20.8 Å². The van der Waals surface area contributed by atoms with Crippen molar-refractivity contribution in [2.75, 3.05) is 44.4 Å². The Morgan fingerprint density at radius 1 is 1.33 bits per heavy atom. The lowest BCUT2D eigenvalue weighted by Gasteiger charge is -2.20. The molecule has 4 unspecified atom stereocenters. The quantitative estimate of drug-likeness (QED) is 0.177. The van der Waals surface area contributed by atoms with Gasteiger partial charge in [-0.2, -0.15) is 0 Å². The third kappa shape index (κ3) is 5.08. The lowest BCUT2D eigenvalue weighted by molar-refractivity contribution is -0.385. The molecule has 1 aliphatic heterocycles. The van der Waals surface area contributed by atoms with Gasteiger partial charge in [0.05, 0.1) is 11.5 Å². The van der Waals surface area contributed by atoms with E-state index in [-0.39, 0.29) is 17.3 Å². The van der Waals surface area contributed by atoms with E-state index < -0.39 is 4.92 Å². The van der Waals surface area contributed by atoms with E-state index in [1.165, 1.54) is 12.5 Å². The van der Waals surface area contributed by atoms with E-state index in [4.69, 9.17) is 21.7 Å². The molecule has 0 bridgehead atoms. The summed E-state index contributed by atoms with van der Waals surface area (Å²) in [6.45, 7) is 2.65. The van der Waals surface area contributed by atoms with Gasteiger partial charge in [-0.3, -0.25) is 15.5 Å². The van der Waals surface area contributed by atoms with Crippen molar-refractivity contribution >= 4 is 49.0 Å². The van der Waals surface area contributed by atoms with Gasteiger partial charge < -0.3 is 20.3 Å². The van der Waals surface area contributed by atoms with Gasteiger partial charge in [0.15, 0.2) is 5.75 Å². The molecule has 1 saturated heterocycles. The summed E-state index contributed by atoms with van der Waals surface area (Å²) < 4.78 is 6.04. The molecule has 176 valence electrons. The number of anilines is 2. The van der Waals surface area contributed by atoms with Crippen LogP contribution in [-0.4, -0.2) is 49.5 Å². The molecule has 3 N–H and O–H groups in total. The number of ether oxygens (including phenoxy) is 1. The molecule has 10 heteroatoms. The Hall–Kier alpha value is -2.41. The number of nitro groups is 1. The van der Waals surface area contributed by atoms with Gasteiger partial charge in [-0.05, 0) is 55.1 Å². The Kier molecular flexibility index (Phi) is 7.07. The maximum Gasteiger partial charge on any atom is 0.311 e. The number of nitro benzene ring substituents is 1. The minimum atomic E-state index is -0.452. The van der Waals surface area contributed by atoms with Crippen molar-refractivity contribution < 1.29 is 9.66 Å². The number of amidine groups is 1. The summed E-state index contributed by atoms with van der Waals surface area (Å²) in [5.41, 5.74) is 1.43. The van der Waals surface area contributed by atoms with Gasteiger partial charge in [-0.15, -0.1) is 9.24 Å². The standard InChI is InChI=1S/C23H29ClN5O3P/c1-26-19-9-21(32-12-14-4-3-13-10-28(2)11-17(13)14)20(29(30)31)8-16(19)23(25)27-15-5-6-22(33)18(24)7-15/h5-9,13-14,17,26H,3-4,10-12,33H2,1-2H3,(H2,25,27). The molecule has 0 amide bonds. The molecule has 0 spiro atoms. The number of hydrogen-bond donors (Lipinski definition) is 3. The summed E-state index contributed by atoms with van der Waals surface area (Å²) in [6.07, 6.45) is 2.29. The first-order valence-corrected chi connectivity index (χ1v) is 11.9. The molecule has 0 radical (unpaired) electrons. The number of benzene rings is 2. The van der Waals surface area contributed by atoms with Crippen molar-refractivity contribution in [2.24, 2.45) is 17.8 Å². The van der Waals surface area contributed by atoms with Crippen molar-refractivity contribution in [1.29, 1.82) is 5.41 Å². The number of fused-ring (bicyclic) bond motifs is 1. The van der Waals surface area contributed by atoms with Crippen molar-refractivity contribution in [3.8, 4) is 5.75 Å². The molecule has 4 rings (SSSR count). The zero-order valence-electron chi connectivity index (χ0n) is 18.7. The monoisotopic (exact) mass is 489 g/mol. The second-order valence-corrected chi connectivity index (χ2v) is 9.93. The van der Waals surface area contributed by atoms with Crippen LogP contribution in [-0.2, 0) is 0 Å². The predicted molar refractivity (Wildman–Crippen MR) is 137 cm³/mol. The Morgan fingerprint density at radius 3 is 2.82 bits per heavy atom. The molecular formula is C23H29ClN5O3P. The number of rotatable bonds is 7. The molecule has 0 aromatic heterocycles. The largest absolute Gasteiger partial charge is 0.486 e. The summed E-state index contributed by atoms with van der Waals surface area (Å²) in [6, 6.07) is 8.33. The summed E-state index contributed by atoms with van der Waals surface area (Å²) in [4.78, 5) is 13.8. The molecule has 8 nitrogen and oxygen atoms in total. The first-order chi connectivity index (χ1) is 15.8. The van der Waals surface area contributed by atoms with E-state index in [1.807, 2.05) is 6.07 Å². The van der Waals surface area contributed by atoms with Crippen LogP contribution < -0.4 is 20.7 Å². The van der Waals surface area contributed by atoms with E-state index in [1.54, 1.807) is 25.2 Å². The Bertz CT molecular complexity index is 1080. The second kappa shape index (κ2) is 9.84. The highest BCUT2D eigenvalue weighted by atomic mass is 35.5. The molecule has 2 aliphatic rings. The predicted octanol–water partition coefficient (Wildman–Crippen LogP) is 4.19. The molecule has 2 aromatic rings. The van der Waals surface area contributed by atoms with Crippen molar-refractivity contribution in [3.05, 3.63) is 51.0 Å². The van der Waals surface area contributed by atoms with Crippen LogP contribution in [0.3, 0.4) is 0 Å². The topological polar surface area (TPSA) is 104 Å². The Labute approximate surface area is 200 Å². The van der Waals surface area contributed by atoms with E-state index in [9.17, 15) is 10.1 Å². The minimum Gasteiger partial charge on any atom is -0.486 e. The normalized spacial score (nSPS) is 22.1. The summed E-state index contributed by atoms with van der Waals surface area (Å²) in [5, 5.41) is 27.8. The van der Waals surface area contributed by atoms with E-state index >= 15 is 0 Å². The number of hydrogen-bond acceptors (Lipinski definition) is 6. The fraction of sp³-hybridized carbons (Fsp3) is 0.435. The molecule has 4 atom stereocenters. The highest BCUT2D eigenvalue weighted by Crippen LogP contribution is 2.42. The van der Waals surface area contributed by atoms with Crippen molar-refractivity contribution in [3.63, 3.8) is 0 Å². The minimum absolute atomic E-state index is 0.0224. The van der Waals surface area contributed by atoms with Crippen molar-refractivity contribution in [1.82, 2.24) is 4.90 Å². The third-order valence-corrected chi connectivity index (χ3v) is 7.76. The van der Waals surface area contributed by atoms with Gasteiger partial charge in [0.25, 0.3) is 0 Å². The summed E-state index contributed by atoms with van der Waals surface area (Å²) >= 11 is 6.17. The lowest BCUT2D eigenvalue weighted by Crippen LogP contribution is -2.23. The number of nitrogens with one attached hydrogen (secondary N) is 3. The molecule has 1 heterocycles. The highest BCUT2D eigenvalue weighted by Gasteiger charge is 2.41. The molecule has 33 heavy (non-hydrogen) atoms. The maximum absolute atomic E-state index is 11.8. The molecule has 1 saturated carbocycles. The number of nitrogens with zero attached hydrogens (tertiary/aromatic N) is 2. The summed E-state index contributed by atoms with van der Waals surface area (Å²) in [5.74, 6) is 1.95. The van der Waals surface area contributed by atoms with Gasteiger partial charge in [0, 0.05) is 54.2 Å². The van der Waals surface area contributed by atoms with Crippen molar-refractivity contribution in [2.45, 2.75) is 12.8 Å². The van der Waals surface area contributed by atoms with Crippen LogP contribution in [0.2, 0.25) is 5.02 Å². The average Bonchev–Trinajstić information content (AvgIpc) is 3.33. The molecule has 2 fully saturated rings. The van der Waals surface area contributed by atoms with Gasteiger partial charge in [0.1, 0.15) is 5.84 Å². The zero-order valence-corrected chi connectivity index (χ0v) is 20.6. The third-order valence-electron chi connectivity index (χ3n) is 6.75. The van der Waals surface area contributed by atoms with Crippen LogP contribution in [0, 0.1) is 33.3 Å². The zero-order chi connectivity index (χ0) is 23.7. The Morgan fingerprint density at radius 2 is 2.12 bits per heavy atom. The fourth-order valence-electron chi connectivity index (χ4n) is 5.06. The van der Waals surface area contributed by atoms with Crippen LogP contribution in [0.4, 0.5) is 17.1 Å². The van der Waals surface area contributed by atoms with Gasteiger partial charge in [-0.1, -0.05) is 17.7 Å². The first-order valence-electron chi connectivity index (χ1n) is 11.0. The lowest BCUT2D eigenvalue weighted by atomic mass is 9.93. The Balaban J connectivity index is 1.54. The highest BCUT2D eigenvalue weighted by molar-refractivity contribution is 7.28. The maximum atomic E-state index is 11.8. The fourth-order valence-corrected chi connectivity index (χ4v) is 5.42. The molecule has 2 aromatic carbocycles. The van der Waals surface area contributed by atoms with E-state index in [0.29, 0.717) is 46.3 Å². The van der Waals surface area contributed by atoms with Gasteiger partial charge >= 0.3 is 5.69 Å².